The molecule has 0 saturated heterocycles. The highest BCUT2D eigenvalue weighted by Gasteiger charge is 2.13. The number of hydrogen-bond acceptors (Lipinski definition) is 3. The highest BCUT2D eigenvalue weighted by Crippen LogP contribution is 2.27. The number of carbonyl (C=O) groups excluding carboxylic acids is 2. The number of rotatable bonds is 8. The number of nitrogens with one attached hydrogen (secondary N) is 1. The maximum Gasteiger partial charge on any atom is 0.226 e. The van der Waals surface area contributed by atoms with E-state index in [4.69, 9.17) is 16.3 Å². The summed E-state index contributed by atoms with van der Waals surface area (Å²) in [5.41, 5.74) is 2.04. The van der Waals surface area contributed by atoms with Crippen molar-refractivity contribution in [2.45, 2.75) is 45.4 Å². The Morgan fingerprint density at radius 1 is 1.27 bits per heavy atom. The van der Waals surface area contributed by atoms with E-state index in [0.717, 1.165) is 19.3 Å². The Kier molecular flexibility index (Phi) is 7.98. The first-order valence-electron chi connectivity index (χ1n) is 9.06. The zero-order valence-electron chi connectivity index (χ0n) is 15.5. The summed E-state index contributed by atoms with van der Waals surface area (Å²) in [7, 11) is 1.54. The van der Waals surface area contributed by atoms with Crippen LogP contribution in [0.3, 0.4) is 0 Å². The van der Waals surface area contributed by atoms with Crippen LogP contribution in [0, 0.1) is 0 Å². The summed E-state index contributed by atoms with van der Waals surface area (Å²) in [6.07, 6.45) is 8.21. The van der Waals surface area contributed by atoms with E-state index < -0.39 is 0 Å². The zero-order chi connectivity index (χ0) is 18.9. The molecule has 26 heavy (non-hydrogen) atoms. The summed E-state index contributed by atoms with van der Waals surface area (Å²) in [5, 5.41) is 3.25. The largest absolute Gasteiger partial charge is 0.495 e. The Bertz CT molecular complexity index is 673. The molecule has 1 aromatic rings. The number of allylic oxidation sites excluding steroid dienone is 1. The molecule has 0 bridgehead atoms. The lowest BCUT2D eigenvalue weighted by Crippen LogP contribution is -2.33. The molecule has 1 aliphatic carbocycles. The van der Waals surface area contributed by atoms with E-state index in [-0.39, 0.29) is 18.2 Å². The van der Waals surface area contributed by atoms with Crippen molar-refractivity contribution in [1.29, 1.82) is 0 Å². The smallest absolute Gasteiger partial charge is 0.226 e. The van der Waals surface area contributed by atoms with Crippen LogP contribution in [0.5, 0.6) is 5.75 Å². The van der Waals surface area contributed by atoms with Crippen molar-refractivity contribution in [3.63, 3.8) is 0 Å². The number of anilines is 1. The molecule has 5 nitrogen and oxygen atoms in total. The van der Waals surface area contributed by atoms with E-state index in [0.29, 0.717) is 29.5 Å². The van der Waals surface area contributed by atoms with Gasteiger partial charge in [0.25, 0.3) is 0 Å². The van der Waals surface area contributed by atoms with Crippen molar-refractivity contribution in [2.75, 3.05) is 25.5 Å². The van der Waals surface area contributed by atoms with Crippen LogP contribution in [0.4, 0.5) is 5.69 Å². The van der Waals surface area contributed by atoms with Crippen LogP contribution in [-0.2, 0) is 9.59 Å². The monoisotopic (exact) mass is 378 g/mol. The van der Waals surface area contributed by atoms with Crippen molar-refractivity contribution >= 4 is 29.1 Å². The van der Waals surface area contributed by atoms with Gasteiger partial charge in [-0.15, -0.1) is 0 Å². The van der Waals surface area contributed by atoms with Gasteiger partial charge in [-0.1, -0.05) is 23.3 Å². The highest BCUT2D eigenvalue weighted by molar-refractivity contribution is 6.32. The molecule has 0 unspecified atom stereocenters. The first kappa shape index (κ1) is 20.3. The quantitative estimate of drug-likeness (QED) is 0.681. The third-order valence-corrected chi connectivity index (χ3v) is 4.87. The van der Waals surface area contributed by atoms with E-state index in [9.17, 15) is 9.59 Å². The van der Waals surface area contributed by atoms with Crippen LogP contribution in [0.2, 0.25) is 5.02 Å². The van der Waals surface area contributed by atoms with E-state index in [2.05, 4.69) is 11.4 Å². The molecule has 6 heteroatoms. The molecule has 0 aliphatic heterocycles. The second kappa shape index (κ2) is 10.2. The van der Waals surface area contributed by atoms with Crippen LogP contribution < -0.4 is 10.1 Å². The molecule has 0 spiro atoms. The van der Waals surface area contributed by atoms with E-state index in [1.165, 1.54) is 18.4 Å². The van der Waals surface area contributed by atoms with Gasteiger partial charge in [0.15, 0.2) is 0 Å². The second-order valence-electron chi connectivity index (χ2n) is 6.51. The molecule has 0 atom stereocenters. The highest BCUT2D eigenvalue weighted by atomic mass is 35.5. The summed E-state index contributed by atoms with van der Waals surface area (Å²) in [6.45, 7) is 2.64. The first-order chi connectivity index (χ1) is 12.5. The van der Waals surface area contributed by atoms with Crippen LogP contribution in [0.15, 0.2) is 29.8 Å². The van der Waals surface area contributed by atoms with Crippen molar-refractivity contribution in [2.24, 2.45) is 0 Å². The second-order valence-corrected chi connectivity index (χ2v) is 6.92. The van der Waals surface area contributed by atoms with E-state index >= 15 is 0 Å². The first-order valence-corrected chi connectivity index (χ1v) is 9.44. The number of halogens is 1. The third kappa shape index (κ3) is 6.37. The molecular weight excluding hydrogens is 352 g/mol. The number of hydrogen-bond donors (Lipinski definition) is 1. The van der Waals surface area contributed by atoms with Crippen molar-refractivity contribution < 1.29 is 14.3 Å². The average Bonchev–Trinajstić information content (AvgIpc) is 2.62. The van der Waals surface area contributed by atoms with E-state index in [1.54, 1.807) is 37.1 Å². The minimum atomic E-state index is -0.144. The Morgan fingerprint density at radius 3 is 2.69 bits per heavy atom. The van der Waals surface area contributed by atoms with Gasteiger partial charge in [0.2, 0.25) is 11.8 Å². The van der Waals surface area contributed by atoms with Crippen LogP contribution in [-0.4, -0.2) is 36.9 Å². The van der Waals surface area contributed by atoms with Gasteiger partial charge in [-0.3, -0.25) is 9.59 Å². The number of benzene rings is 1. The fourth-order valence-corrected chi connectivity index (χ4v) is 3.30. The lowest BCUT2D eigenvalue weighted by molar-refractivity contribution is -0.129. The molecule has 142 valence electrons. The maximum atomic E-state index is 12.2. The predicted molar refractivity (Wildman–Crippen MR) is 105 cm³/mol. The van der Waals surface area contributed by atoms with Gasteiger partial charge >= 0.3 is 0 Å². The van der Waals surface area contributed by atoms with Gasteiger partial charge in [0.1, 0.15) is 5.75 Å². The summed E-state index contributed by atoms with van der Waals surface area (Å²) in [6, 6.07) is 5.09. The standard InChI is InChI=1S/C20H27ClN2O3/c1-15(24)23(12-10-16-6-4-3-5-7-16)13-11-20(25)22-17-8-9-19(26-2)18(21)14-17/h6,8-9,14H,3-5,7,10-13H2,1-2H3,(H,22,25). The molecule has 1 N–H and O–H groups in total. The van der Waals surface area contributed by atoms with Gasteiger partial charge in [-0.05, 0) is 50.3 Å². The molecule has 0 saturated carbocycles. The third-order valence-electron chi connectivity index (χ3n) is 4.58. The fourth-order valence-electron chi connectivity index (χ4n) is 3.04. The van der Waals surface area contributed by atoms with Gasteiger partial charge in [-0.25, -0.2) is 0 Å². The van der Waals surface area contributed by atoms with Gasteiger partial charge in [0, 0.05) is 32.1 Å². The minimum absolute atomic E-state index is 0.00158. The van der Waals surface area contributed by atoms with Crippen molar-refractivity contribution in [3.05, 3.63) is 34.9 Å². The van der Waals surface area contributed by atoms with Gasteiger partial charge in [-0.2, -0.15) is 0 Å². The van der Waals surface area contributed by atoms with Crippen molar-refractivity contribution in [1.82, 2.24) is 4.90 Å². The van der Waals surface area contributed by atoms with Crippen LogP contribution in [0.1, 0.15) is 45.4 Å². The summed E-state index contributed by atoms with van der Waals surface area (Å²) in [4.78, 5) is 25.8. The molecule has 0 radical (unpaired) electrons. The Hall–Kier alpha value is -2.01. The topological polar surface area (TPSA) is 58.6 Å². The Balaban J connectivity index is 1.81. The number of amides is 2. The molecule has 1 aliphatic rings. The van der Waals surface area contributed by atoms with Gasteiger partial charge in [0.05, 0.1) is 12.1 Å². The van der Waals surface area contributed by atoms with Crippen LogP contribution >= 0.6 is 11.6 Å². The maximum absolute atomic E-state index is 12.2. The van der Waals surface area contributed by atoms with Crippen LogP contribution in [0.25, 0.3) is 0 Å². The lowest BCUT2D eigenvalue weighted by atomic mass is 9.97. The lowest BCUT2D eigenvalue weighted by Gasteiger charge is -2.22. The molecule has 1 aromatic carbocycles. The molecule has 0 heterocycles. The fraction of sp³-hybridized carbons (Fsp3) is 0.500. The SMILES string of the molecule is COc1ccc(NC(=O)CCN(CCC2=CCCCC2)C(C)=O)cc1Cl. The van der Waals surface area contributed by atoms with E-state index in [1.807, 2.05) is 0 Å². The molecule has 2 amide bonds. The molecular formula is C20H27ClN2O3. The Labute approximate surface area is 160 Å². The minimum Gasteiger partial charge on any atom is -0.495 e. The number of ether oxygens (including phenoxy) is 1. The molecule has 0 aromatic heterocycles. The van der Waals surface area contributed by atoms with Crippen molar-refractivity contribution in [3.8, 4) is 5.75 Å². The molecule has 2 rings (SSSR count). The normalized spacial score (nSPS) is 13.7. The van der Waals surface area contributed by atoms with Gasteiger partial charge < -0.3 is 15.0 Å². The summed E-state index contributed by atoms with van der Waals surface area (Å²) < 4.78 is 5.09. The zero-order valence-corrected chi connectivity index (χ0v) is 16.3. The average molecular weight is 379 g/mol. The summed E-state index contributed by atoms with van der Waals surface area (Å²) in [5.74, 6) is 0.417. The number of methoxy groups -OCH3 is 1. The number of carbonyl (C=O) groups is 2. The summed E-state index contributed by atoms with van der Waals surface area (Å²) >= 11 is 6.06. The molecule has 0 fully saturated rings. The number of nitrogens with zero attached hydrogens (tertiary/aromatic N) is 1. The Morgan fingerprint density at radius 2 is 2.08 bits per heavy atom. The predicted octanol–water partition coefficient (Wildman–Crippen LogP) is 4.42.